The Morgan fingerprint density at radius 1 is 0.824 bits per heavy atom. The molecule has 0 saturated carbocycles. The molecule has 1 unspecified atom stereocenters. The molecule has 8 heteroatoms. The van der Waals surface area contributed by atoms with Crippen molar-refractivity contribution >= 4 is 11.2 Å². The maximum atomic E-state index is 13.6. The van der Waals surface area contributed by atoms with E-state index in [0.29, 0.717) is 30.8 Å². The number of rotatable bonds is 8. The number of aliphatic hydroxyl groups is 1. The van der Waals surface area contributed by atoms with E-state index in [2.05, 4.69) is 9.88 Å². The molecular weight excluding hydrogens is 430 g/mol. The fourth-order valence-corrected chi connectivity index (χ4v) is 4.74. The van der Waals surface area contributed by atoms with Gasteiger partial charge in [0.05, 0.1) is 25.5 Å². The van der Waals surface area contributed by atoms with Gasteiger partial charge in [0.15, 0.2) is 11.2 Å². The molecule has 0 bridgehead atoms. The van der Waals surface area contributed by atoms with Gasteiger partial charge in [0.1, 0.15) is 0 Å². The van der Waals surface area contributed by atoms with Gasteiger partial charge in [0.2, 0.25) is 0 Å². The van der Waals surface area contributed by atoms with Gasteiger partial charge in [0.25, 0.3) is 5.56 Å². The predicted molar refractivity (Wildman–Crippen MR) is 131 cm³/mol. The molecule has 1 N–H and O–H groups in total. The van der Waals surface area contributed by atoms with E-state index < -0.39 is 17.4 Å². The molecule has 1 aliphatic heterocycles. The van der Waals surface area contributed by atoms with E-state index in [-0.39, 0.29) is 6.54 Å². The molecule has 2 aromatic heterocycles. The van der Waals surface area contributed by atoms with E-state index in [4.69, 9.17) is 0 Å². The molecule has 0 spiro atoms. The van der Waals surface area contributed by atoms with Gasteiger partial charge in [-0.2, -0.15) is 0 Å². The van der Waals surface area contributed by atoms with Crippen LogP contribution in [0.1, 0.15) is 24.0 Å². The number of fused-ring (bicyclic) bond motifs is 1. The lowest BCUT2D eigenvalue weighted by atomic mass is 10.2. The van der Waals surface area contributed by atoms with Crippen LogP contribution < -0.4 is 11.2 Å². The first-order valence-corrected chi connectivity index (χ1v) is 11.8. The van der Waals surface area contributed by atoms with Crippen LogP contribution in [0.15, 0.2) is 76.6 Å². The van der Waals surface area contributed by atoms with Crippen LogP contribution in [0.2, 0.25) is 0 Å². The fourth-order valence-electron chi connectivity index (χ4n) is 4.74. The second-order valence-corrected chi connectivity index (χ2v) is 8.96. The summed E-state index contributed by atoms with van der Waals surface area (Å²) in [4.78, 5) is 33.7. The zero-order chi connectivity index (χ0) is 23.5. The van der Waals surface area contributed by atoms with E-state index in [9.17, 15) is 14.7 Å². The normalized spacial score (nSPS) is 15.2. The Morgan fingerprint density at radius 3 is 2.09 bits per heavy atom. The number of nitrogens with zero attached hydrogens (tertiary/aromatic N) is 5. The lowest BCUT2D eigenvalue weighted by Gasteiger charge is -2.20. The summed E-state index contributed by atoms with van der Waals surface area (Å²) in [5, 5.41) is 10.7. The third kappa shape index (κ3) is 4.60. The van der Waals surface area contributed by atoms with Crippen LogP contribution in [-0.2, 0) is 19.6 Å². The molecule has 176 valence electrons. The van der Waals surface area contributed by atoms with Crippen molar-refractivity contribution in [2.45, 2.75) is 38.6 Å². The van der Waals surface area contributed by atoms with Crippen molar-refractivity contribution in [3.05, 3.63) is 99.0 Å². The standard InChI is InChI=1S/C26H29N5O3/c32-22(17-28-13-7-8-14-28)18-31-25(33)23-24(27-19-29(23)15-20-9-3-1-4-10-20)30(26(31)34)16-21-11-5-2-6-12-21/h1-6,9-12,19,22,32H,7-8,13-18H2. The Kier molecular flexibility index (Phi) is 6.42. The highest BCUT2D eigenvalue weighted by Crippen LogP contribution is 2.13. The maximum absolute atomic E-state index is 13.6. The van der Waals surface area contributed by atoms with Crippen LogP contribution in [-0.4, -0.2) is 54.4 Å². The van der Waals surface area contributed by atoms with Crippen LogP contribution in [0, 0.1) is 0 Å². The summed E-state index contributed by atoms with van der Waals surface area (Å²) in [7, 11) is 0. The molecule has 34 heavy (non-hydrogen) atoms. The predicted octanol–water partition coefficient (Wildman–Crippen LogP) is 1.91. The van der Waals surface area contributed by atoms with Crippen LogP contribution >= 0.6 is 0 Å². The maximum Gasteiger partial charge on any atom is 0.333 e. The number of β-amino-alcohol motifs (C(OH)–C–C–N with tert-alkyl or cyclic N) is 1. The molecule has 4 aromatic rings. The van der Waals surface area contributed by atoms with Crippen LogP contribution in [0.25, 0.3) is 11.2 Å². The second kappa shape index (κ2) is 9.79. The Balaban J connectivity index is 1.58. The molecular formula is C26H29N5O3. The third-order valence-electron chi connectivity index (χ3n) is 6.42. The number of imidazole rings is 1. The Bertz CT molecular complexity index is 1370. The summed E-state index contributed by atoms with van der Waals surface area (Å²) >= 11 is 0. The summed E-state index contributed by atoms with van der Waals surface area (Å²) in [6.07, 6.45) is 3.03. The summed E-state index contributed by atoms with van der Waals surface area (Å²) in [6, 6.07) is 19.5. The summed E-state index contributed by atoms with van der Waals surface area (Å²) in [5.41, 5.74) is 1.83. The van der Waals surface area contributed by atoms with E-state index >= 15 is 0 Å². The topological polar surface area (TPSA) is 85.3 Å². The lowest BCUT2D eigenvalue weighted by Crippen LogP contribution is -2.45. The largest absolute Gasteiger partial charge is 0.390 e. The Labute approximate surface area is 197 Å². The average molecular weight is 460 g/mol. The van der Waals surface area contributed by atoms with Gasteiger partial charge >= 0.3 is 5.69 Å². The minimum Gasteiger partial charge on any atom is -0.390 e. The zero-order valence-electron chi connectivity index (χ0n) is 19.1. The first-order valence-electron chi connectivity index (χ1n) is 11.8. The Hall–Kier alpha value is -3.49. The SMILES string of the molecule is O=c1c2c(ncn2Cc2ccccc2)n(Cc2ccccc2)c(=O)n1CC(O)CN1CCCC1. The van der Waals surface area contributed by atoms with Crippen molar-refractivity contribution < 1.29 is 5.11 Å². The highest BCUT2D eigenvalue weighted by molar-refractivity contribution is 5.70. The third-order valence-corrected chi connectivity index (χ3v) is 6.42. The van der Waals surface area contributed by atoms with Crippen LogP contribution in [0.4, 0.5) is 0 Å². The van der Waals surface area contributed by atoms with E-state index in [1.807, 2.05) is 60.7 Å². The van der Waals surface area contributed by atoms with E-state index in [1.165, 1.54) is 9.13 Å². The molecule has 3 heterocycles. The first-order chi connectivity index (χ1) is 16.6. The van der Waals surface area contributed by atoms with Gasteiger partial charge in [-0.1, -0.05) is 60.7 Å². The van der Waals surface area contributed by atoms with Gasteiger partial charge < -0.3 is 14.6 Å². The lowest BCUT2D eigenvalue weighted by molar-refractivity contribution is 0.106. The van der Waals surface area contributed by atoms with Crippen molar-refractivity contribution in [2.75, 3.05) is 19.6 Å². The van der Waals surface area contributed by atoms with Crippen molar-refractivity contribution in [1.29, 1.82) is 0 Å². The van der Waals surface area contributed by atoms with E-state index in [0.717, 1.165) is 37.1 Å². The van der Waals surface area contributed by atoms with Crippen LogP contribution in [0.3, 0.4) is 0 Å². The zero-order valence-corrected chi connectivity index (χ0v) is 19.1. The number of hydrogen-bond donors (Lipinski definition) is 1. The molecule has 5 rings (SSSR count). The molecule has 8 nitrogen and oxygen atoms in total. The van der Waals surface area contributed by atoms with Crippen molar-refractivity contribution in [3.8, 4) is 0 Å². The number of hydrogen-bond acceptors (Lipinski definition) is 5. The number of likely N-dealkylation sites (tertiary alicyclic amines) is 1. The van der Waals surface area contributed by atoms with Crippen molar-refractivity contribution in [2.24, 2.45) is 0 Å². The highest BCUT2D eigenvalue weighted by Gasteiger charge is 2.22. The Morgan fingerprint density at radius 2 is 1.44 bits per heavy atom. The summed E-state index contributed by atoms with van der Waals surface area (Å²) < 4.78 is 4.50. The van der Waals surface area contributed by atoms with Gasteiger partial charge in [-0.3, -0.25) is 13.9 Å². The molecule has 0 aliphatic carbocycles. The molecule has 1 aliphatic rings. The van der Waals surface area contributed by atoms with Gasteiger partial charge in [-0.05, 0) is 37.1 Å². The van der Waals surface area contributed by atoms with Crippen molar-refractivity contribution in [1.82, 2.24) is 23.6 Å². The number of aromatic nitrogens is 4. The van der Waals surface area contributed by atoms with Crippen LogP contribution in [0.5, 0.6) is 0 Å². The van der Waals surface area contributed by atoms with Crippen molar-refractivity contribution in [3.63, 3.8) is 0 Å². The number of benzene rings is 2. The smallest absolute Gasteiger partial charge is 0.333 e. The molecule has 0 radical (unpaired) electrons. The van der Waals surface area contributed by atoms with Gasteiger partial charge in [-0.25, -0.2) is 9.78 Å². The quantitative estimate of drug-likeness (QED) is 0.435. The molecule has 1 saturated heterocycles. The van der Waals surface area contributed by atoms with E-state index in [1.54, 1.807) is 10.9 Å². The molecule has 0 amide bonds. The second-order valence-electron chi connectivity index (χ2n) is 8.96. The summed E-state index contributed by atoms with van der Waals surface area (Å²) in [5.74, 6) is 0. The average Bonchev–Trinajstić information content (AvgIpc) is 3.51. The summed E-state index contributed by atoms with van der Waals surface area (Å²) in [6.45, 7) is 3.04. The minimum atomic E-state index is -0.809. The molecule has 2 aromatic carbocycles. The first kappa shape index (κ1) is 22.3. The monoisotopic (exact) mass is 459 g/mol. The molecule has 1 atom stereocenters. The highest BCUT2D eigenvalue weighted by atomic mass is 16.3. The molecule has 1 fully saturated rings. The van der Waals surface area contributed by atoms with Gasteiger partial charge in [-0.15, -0.1) is 0 Å². The minimum absolute atomic E-state index is 0.0462. The fraction of sp³-hybridized carbons (Fsp3) is 0.346. The van der Waals surface area contributed by atoms with Gasteiger partial charge in [0, 0.05) is 13.1 Å². The number of aliphatic hydroxyl groups excluding tert-OH is 1.